The van der Waals surface area contributed by atoms with E-state index in [9.17, 15) is 0 Å². The summed E-state index contributed by atoms with van der Waals surface area (Å²) in [6, 6.07) is 15.2. The highest BCUT2D eigenvalue weighted by atomic mass is 16.5. The van der Waals surface area contributed by atoms with Crippen molar-refractivity contribution in [3.63, 3.8) is 0 Å². The summed E-state index contributed by atoms with van der Waals surface area (Å²) in [5, 5.41) is 4.11. The Labute approximate surface area is 147 Å². The molecule has 0 saturated heterocycles. The second kappa shape index (κ2) is 7.81. The molecule has 130 valence electrons. The highest BCUT2D eigenvalue weighted by molar-refractivity contribution is 5.68. The average molecular weight is 339 g/mol. The standard InChI is InChI=1S/C19H21N3O3/c1-22(2)12-13-24-17-11-7-4-8-14(17)18-20-19(25-21-18)15-9-5-6-10-16(15)23-3/h4-11H,12-13H2,1-3H3. The van der Waals surface area contributed by atoms with Gasteiger partial charge in [-0.25, -0.2) is 0 Å². The molecule has 0 saturated carbocycles. The minimum Gasteiger partial charge on any atom is -0.496 e. The molecule has 0 unspecified atom stereocenters. The van der Waals surface area contributed by atoms with E-state index in [4.69, 9.17) is 14.0 Å². The maximum Gasteiger partial charge on any atom is 0.262 e. The monoisotopic (exact) mass is 339 g/mol. The predicted octanol–water partition coefficient (Wildman–Crippen LogP) is 3.35. The Hall–Kier alpha value is -2.86. The van der Waals surface area contributed by atoms with Crippen molar-refractivity contribution in [1.82, 2.24) is 15.0 Å². The van der Waals surface area contributed by atoms with Gasteiger partial charge >= 0.3 is 0 Å². The fourth-order valence-electron chi connectivity index (χ4n) is 2.38. The molecule has 0 aliphatic heterocycles. The maximum absolute atomic E-state index is 5.87. The zero-order valence-electron chi connectivity index (χ0n) is 14.6. The summed E-state index contributed by atoms with van der Waals surface area (Å²) in [5.41, 5.74) is 1.56. The molecular formula is C19H21N3O3. The Morgan fingerprint density at radius 2 is 1.64 bits per heavy atom. The molecule has 3 rings (SSSR count). The van der Waals surface area contributed by atoms with Gasteiger partial charge in [-0.1, -0.05) is 29.4 Å². The minimum absolute atomic E-state index is 0.413. The minimum atomic E-state index is 0.413. The molecule has 2 aromatic carbocycles. The molecule has 0 atom stereocenters. The first-order chi connectivity index (χ1) is 12.2. The van der Waals surface area contributed by atoms with E-state index in [0.717, 1.165) is 23.4 Å². The molecule has 1 heterocycles. The van der Waals surface area contributed by atoms with Crippen LogP contribution in [-0.4, -0.2) is 49.4 Å². The van der Waals surface area contributed by atoms with Gasteiger partial charge in [0.05, 0.1) is 18.2 Å². The molecule has 0 spiro atoms. The van der Waals surface area contributed by atoms with Gasteiger partial charge in [-0.15, -0.1) is 0 Å². The van der Waals surface area contributed by atoms with Crippen molar-refractivity contribution in [2.45, 2.75) is 0 Å². The van der Waals surface area contributed by atoms with Crippen LogP contribution in [0.1, 0.15) is 0 Å². The van der Waals surface area contributed by atoms with E-state index < -0.39 is 0 Å². The fraction of sp³-hybridized carbons (Fsp3) is 0.263. The van der Waals surface area contributed by atoms with Crippen LogP contribution in [0.25, 0.3) is 22.8 Å². The Bertz CT molecular complexity index is 830. The number of rotatable bonds is 7. The van der Waals surface area contributed by atoms with Gasteiger partial charge < -0.3 is 18.9 Å². The molecule has 0 fully saturated rings. The van der Waals surface area contributed by atoms with Crippen molar-refractivity contribution < 1.29 is 14.0 Å². The number of likely N-dealkylation sites (N-methyl/N-ethyl adjacent to an activating group) is 1. The van der Waals surface area contributed by atoms with Crippen LogP contribution < -0.4 is 9.47 Å². The van der Waals surface area contributed by atoms with Crippen molar-refractivity contribution >= 4 is 0 Å². The molecule has 0 N–H and O–H groups in total. The maximum atomic E-state index is 5.87. The van der Waals surface area contributed by atoms with Crippen LogP contribution in [0.4, 0.5) is 0 Å². The number of benzene rings is 2. The summed E-state index contributed by atoms with van der Waals surface area (Å²) < 4.78 is 16.7. The molecule has 6 nitrogen and oxygen atoms in total. The van der Waals surface area contributed by atoms with Crippen LogP contribution in [0.3, 0.4) is 0 Å². The van der Waals surface area contributed by atoms with Crippen molar-refractivity contribution in [2.24, 2.45) is 0 Å². The van der Waals surface area contributed by atoms with Crippen molar-refractivity contribution in [3.05, 3.63) is 48.5 Å². The van der Waals surface area contributed by atoms with Crippen molar-refractivity contribution in [2.75, 3.05) is 34.4 Å². The third-order valence-corrected chi connectivity index (χ3v) is 3.69. The molecule has 0 radical (unpaired) electrons. The quantitative estimate of drug-likeness (QED) is 0.658. The first-order valence-corrected chi connectivity index (χ1v) is 8.03. The lowest BCUT2D eigenvalue weighted by Gasteiger charge is -2.12. The molecular weight excluding hydrogens is 318 g/mol. The van der Waals surface area contributed by atoms with Gasteiger partial charge in [0.15, 0.2) is 0 Å². The van der Waals surface area contributed by atoms with E-state index in [0.29, 0.717) is 24.1 Å². The van der Waals surface area contributed by atoms with Gasteiger partial charge in [-0.3, -0.25) is 0 Å². The van der Waals surface area contributed by atoms with Gasteiger partial charge in [-0.2, -0.15) is 4.98 Å². The summed E-state index contributed by atoms with van der Waals surface area (Å²) in [7, 11) is 5.63. The van der Waals surface area contributed by atoms with E-state index in [1.165, 1.54) is 0 Å². The number of nitrogens with zero attached hydrogens (tertiary/aromatic N) is 3. The molecule has 6 heteroatoms. The SMILES string of the molecule is COc1ccccc1-c1nc(-c2ccccc2OCCN(C)C)no1. The number of para-hydroxylation sites is 2. The Balaban J connectivity index is 1.87. The molecule has 0 amide bonds. The summed E-state index contributed by atoms with van der Waals surface area (Å²) in [4.78, 5) is 6.58. The molecule has 0 aliphatic carbocycles. The van der Waals surface area contributed by atoms with Crippen LogP contribution in [-0.2, 0) is 0 Å². The number of hydrogen-bond donors (Lipinski definition) is 0. The fourth-order valence-corrected chi connectivity index (χ4v) is 2.38. The second-order valence-electron chi connectivity index (χ2n) is 5.77. The summed E-state index contributed by atoms with van der Waals surface area (Å²) in [6.07, 6.45) is 0. The van der Waals surface area contributed by atoms with Gasteiger partial charge in [0.25, 0.3) is 5.89 Å². The Morgan fingerprint density at radius 3 is 2.36 bits per heavy atom. The van der Waals surface area contributed by atoms with Crippen molar-refractivity contribution in [1.29, 1.82) is 0 Å². The van der Waals surface area contributed by atoms with Gasteiger partial charge in [0.2, 0.25) is 5.82 Å². The molecule has 1 aromatic heterocycles. The third-order valence-electron chi connectivity index (χ3n) is 3.69. The molecule has 25 heavy (non-hydrogen) atoms. The average Bonchev–Trinajstić information content (AvgIpc) is 3.11. The topological polar surface area (TPSA) is 60.6 Å². The third kappa shape index (κ3) is 3.97. The molecule has 3 aromatic rings. The lowest BCUT2D eigenvalue weighted by Crippen LogP contribution is -2.19. The first kappa shape index (κ1) is 17.0. The van der Waals surface area contributed by atoms with Crippen LogP contribution in [0.2, 0.25) is 0 Å². The number of methoxy groups -OCH3 is 1. The van der Waals surface area contributed by atoms with Gasteiger partial charge in [0.1, 0.15) is 18.1 Å². The highest BCUT2D eigenvalue weighted by Gasteiger charge is 2.16. The van der Waals surface area contributed by atoms with E-state index in [2.05, 4.69) is 15.0 Å². The van der Waals surface area contributed by atoms with Crippen LogP contribution in [0.15, 0.2) is 53.1 Å². The summed E-state index contributed by atoms with van der Waals surface area (Å²) in [5.74, 6) is 2.32. The lowest BCUT2D eigenvalue weighted by atomic mass is 10.2. The smallest absolute Gasteiger partial charge is 0.262 e. The largest absolute Gasteiger partial charge is 0.496 e. The number of ether oxygens (including phenoxy) is 2. The zero-order chi connectivity index (χ0) is 17.6. The predicted molar refractivity (Wildman–Crippen MR) is 95.8 cm³/mol. The van der Waals surface area contributed by atoms with E-state index >= 15 is 0 Å². The molecule has 0 bridgehead atoms. The summed E-state index contributed by atoms with van der Waals surface area (Å²) in [6.45, 7) is 1.41. The lowest BCUT2D eigenvalue weighted by molar-refractivity contribution is 0.262. The highest BCUT2D eigenvalue weighted by Crippen LogP contribution is 2.32. The van der Waals surface area contributed by atoms with Gasteiger partial charge in [-0.05, 0) is 38.4 Å². The number of hydrogen-bond acceptors (Lipinski definition) is 6. The first-order valence-electron chi connectivity index (χ1n) is 8.03. The van der Waals surface area contributed by atoms with Crippen LogP contribution >= 0.6 is 0 Å². The van der Waals surface area contributed by atoms with E-state index in [-0.39, 0.29) is 0 Å². The van der Waals surface area contributed by atoms with Crippen molar-refractivity contribution in [3.8, 4) is 34.3 Å². The number of aromatic nitrogens is 2. The van der Waals surface area contributed by atoms with E-state index in [1.807, 2.05) is 62.6 Å². The Kier molecular flexibility index (Phi) is 5.30. The van der Waals surface area contributed by atoms with E-state index in [1.54, 1.807) is 7.11 Å². The van der Waals surface area contributed by atoms with Crippen LogP contribution in [0.5, 0.6) is 11.5 Å². The summed E-state index contributed by atoms with van der Waals surface area (Å²) >= 11 is 0. The normalized spacial score (nSPS) is 10.9. The Morgan fingerprint density at radius 1 is 0.960 bits per heavy atom. The van der Waals surface area contributed by atoms with Crippen LogP contribution in [0, 0.1) is 0 Å². The second-order valence-corrected chi connectivity index (χ2v) is 5.77. The molecule has 0 aliphatic rings. The zero-order valence-corrected chi connectivity index (χ0v) is 14.6. The van der Waals surface area contributed by atoms with Gasteiger partial charge in [0, 0.05) is 6.54 Å².